The highest BCUT2D eigenvalue weighted by Gasteiger charge is 2.29. The molecule has 1 unspecified atom stereocenters. The Morgan fingerprint density at radius 3 is 2.73 bits per heavy atom. The van der Waals surface area contributed by atoms with Crippen molar-refractivity contribution in [3.8, 4) is 0 Å². The van der Waals surface area contributed by atoms with Gasteiger partial charge in [0.1, 0.15) is 5.82 Å². The van der Waals surface area contributed by atoms with Gasteiger partial charge in [0, 0.05) is 36.6 Å². The van der Waals surface area contributed by atoms with Gasteiger partial charge in [0.15, 0.2) is 0 Å². The van der Waals surface area contributed by atoms with E-state index in [4.69, 9.17) is 11.6 Å². The molecule has 3 heterocycles. The molecule has 1 atom stereocenters. The van der Waals surface area contributed by atoms with Gasteiger partial charge in [-0.25, -0.2) is 4.98 Å². The number of nitrogens with one attached hydrogen (secondary N) is 1. The van der Waals surface area contributed by atoms with E-state index in [2.05, 4.69) is 10.3 Å². The standard InChI is InChI=1S/C25H25ClN4O3/c1-17-8-10-22(27-13-17)28-24(32)19-6-4-12-29(15-19)25(33)20-9-11-23(31)30(16-20)14-18-5-2-3-7-21(18)26/h2-3,5,7-11,13,16,19H,4,6,12,14-15H2,1H3,(H,27,28,32). The average molecular weight is 465 g/mol. The Morgan fingerprint density at radius 1 is 1.15 bits per heavy atom. The number of rotatable bonds is 5. The summed E-state index contributed by atoms with van der Waals surface area (Å²) in [6.45, 7) is 3.09. The van der Waals surface area contributed by atoms with Crippen molar-refractivity contribution >= 4 is 29.2 Å². The topological polar surface area (TPSA) is 84.3 Å². The van der Waals surface area contributed by atoms with Crippen LogP contribution in [-0.4, -0.2) is 39.4 Å². The quantitative estimate of drug-likeness (QED) is 0.623. The van der Waals surface area contributed by atoms with E-state index in [1.165, 1.54) is 16.7 Å². The molecule has 0 spiro atoms. The normalized spacial score (nSPS) is 15.8. The first kappa shape index (κ1) is 22.7. The van der Waals surface area contributed by atoms with Crippen LogP contribution in [0.3, 0.4) is 0 Å². The number of pyridine rings is 2. The number of amides is 2. The summed E-state index contributed by atoms with van der Waals surface area (Å²) >= 11 is 6.23. The Morgan fingerprint density at radius 2 is 1.97 bits per heavy atom. The van der Waals surface area contributed by atoms with Crippen molar-refractivity contribution in [1.29, 1.82) is 0 Å². The fraction of sp³-hybridized carbons (Fsp3) is 0.280. The molecule has 4 rings (SSSR count). The number of hydrogen-bond donors (Lipinski definition) is 1. The minimum absolute atomic E-state index is 0.146. The molecule has 0 saturated carbocycles. The summed E-state index contributed by atoms with van der Waals surface area (Å²) in [6, 6.07) is 13.9. The molecule has 33 heavy (non-hydrogen) atoms. The number of benzene rings is 1. The Labute approximate surface area is 197 Å². The summed E-state index contributed by atoms with van der Waals surface area (Å²) in [6.07, 6.45) is 4.69. The molecule has 1 aromatic carbocycles. The van der Waals surface area contributed by atoms with Gasteiger partial charge >= 0.3 is 0 Å². The van der Waals surface area contributed by atoms with Crippen LogP contribution in [0.5, 0.6) is 0 Å². The third kappa shape index (κ3) is 5.49. The van der Waals surface area contributed by atoms with Crippen molar-refractivity contribution in [3.05, 3.63) is 93.0 Å². The van der Waals surface area contributed by atoms with E-state index in [-0.39, 0.29) is 29.8 Å². The molecule has 1 fully saturated rings. The van der Waals surface area contributed by atoms with Gasteiger partial charge in [0.25, 0.3) is 11.5 Å². The van der Waals surface area contributed by atoms with Gasteiger partial charge in [-0.2, -0.15) is 0 Å². The lowest BCUT2D eigenvalue weighted by Gasteiger charge is -2.32. The second kappa shape index (κ2) is 10.0. The van der Waals surface area contributed by atoms with E-state index < -0.39 is 0 Å². The van der Waals surface area contributed by atoms with Crippen molar-refractivity contribution < 1.29 is 9.59 Å². The molecule has 1 aliphatic rings. The highest BCUT2D eigenvalue weighted by molar-refractivity contribution is 6.31. The summed E-state index contributed by atoms with van der Waals surface area (Å²) in [4.78, 5) is 44.2. The summed E-state index contributed by atoms with van der Waals surface area (Å²) in [5, 5.41) is 3.41. The molecule has 0 radical (unpaired) electrons. The molecule has 2 amide bonds. The summed E-state index contributed by atoms with van der Waals surface area (Å²) in [5.74, 6) is -0.165. The Hall–Kier alpha value is -3.45. The van der Waals surface area contributed by atoms with Crippen molar-refractivity contribution in [2.75, 3.05) is 18.4 Å². The van der Waals surface area contributed by atoms with E-state index >= 15 is 0 Å². The SMILES string of the molecule is Cc1ccc(NC(=O)C2CCCN(C(=O)c3ccc(=O)n(Cc4ccccc4Cl)c3)C2)nc1. The first-order chi connectivity index (χ1) is 15.9. The van der Waals surface area contributed by atoms with E-state index in [9.17, 15) is 14.4 Å². The second-order valence-electron chi connectivity index (χ2n) is 8.28. The fourth-order valence-corrected chi connectivity index (χ4v) is 4.12. The molecule has 1 N–H and O–H groups in total. The number of aryl methyl sites for hydroxylation is 1. The number of anilines is 1. The lowest BCUT2D eigenvalue weighted by Crippen LogP contribution is -2.44. The Bertz CT molecular complexity index is 1220. The molecule has 1 aliphatic heterocycles. The van der Waals surface area contributed by atoms with Gasteiger partial charge in [-0.05, 0) is 49.1 Å². The van der Waals surface area contributed by atoms with Crippen molar-refractivity contribution in [2.24, 2.45) is 5.92 Å². The highest BCUT2D eigenvalue weighted by atomic mass is 35.5. The Balaban J connectivity index is 1.46. The van der Waals surface area contributed by atoms with Crippen LogP contribution in [0.15, 0.2) is 65.7 Å². The monoisotopic (exact) mass is 464 g/mol. The number of piperidine rings is 1. The van der Waals surface area contributed by atoms with Crippen molar-refractivity contribution in [2.45, 2.75) is 26.3 Å². The predicted molar refractivity (Wildman–Crippen MR) is 127 cm³/mol. The molecule has 0 aliphatic carbocycles. The molecule has 170 valence electrons. The van der Waals surface area contributed by atoms with Crippen molar-refractivity contribution in [1.82, 2.24) is 14.5 Å². The summed E-state index contributed by atoms with van der Waals surface area (Å²) in [7, 11) is 0. The first-order valence-corrected chi connectivity index (χ1v) is 11.3. The second-order valence-corrected chi connectivity index (χ2v) is 8.68. The average Bonchev–Trinajstić information content (AvgIpc) is 2.83. The molecule has 2 aromatic heterocycles. The number of halogens is 1. The minimum Gasteiger partial charge on any atom is -0.338 e. The van der Waals surface area contributed by atoms with Crippen LogP contribution in [-0.2, 0) is 11.3 Å². The van der Waals surface area contributed by atoms with Gasteiger partial charge in [-0.3, -0.25) is 14.4 Å². The third-order valence-electron chi connectivity index (χ3n) is 5.77. The van der Waals surface area contributed by atoms with Gasteiger partial charge in [-0.15, -0.1) is 0 Å². The van der Waals surface area contributed by atoms with Crippen LogP contribution in [0, 0.1) is 12.8 Å². The summed E-state index contributed by atoms with van der Waals surface area (Å²) in [5.41, 5.74) is 2.00. The molecule has 1 saturated heterocycles. The number of nitrogens with zero attached hydrogens (tertiary/aromatic N) is 3. The van der Waals surface area contributed by atoms with E-state index in [0.29, 0.717) is 35.9 Å². The van der Waals surface area contributed by atoms with Crippen LogP contribution < -0.4 is 10.9 Å². The highest BCUT2D eigenvalue weighted by Crippen LogP contribution is 2.21. The fourth-order valence-electron chi connectivity index (χ4n) is 3.92. The van der Waals surface area contributed by atoms with Gasteiger partial charge in [0.2, 0.25) is 5.91 Å². The maximum atomic E-state index is 13.2. The van der Waals surface area contributed by atoms with Crippen LogP contribution in [0.4, 0.5) is 5.82 Å². The molecule has 3 aromatic rings. The number of carbonyl (C=O) groups is 2. The van der Waals surface area contributed by atoms with Crippen LogP contribution in [0.2, 0.25) is 5.02 Å². The van der Waals surface area contributed by atoms with E-state index in [0.717, 1.165) is 17.5 Å². The Kier molecular flexibility index (Phi) is 6.89. The maximum absolute atomic E-state index is 13.2. The molecular formula is C25H25ClN4O3. The van der Waals surface area contributed by atoms with Crippen LogP contribution >= 0.6 is 11.6 Å². The van der Waals surface area contributed by atoms with Crippen LogP contribution in [0.25, 0.3) is 0 Å². The zero-order valence-corrected chi connectivity index (χ0v) is 19.1. The van der Waals surface area contributed by atoms with Gasteiger partial charge in [-0.1, -0.05) is 35.9 Å². The van der Waals surface area contributed by atoms with E-state index in [1.807, 2.05) is 31.2 Å². The molecular weight excluding hydrogens is 440 g/mol. The number of hydrogen-bond acceptors (Lipinski definition) is 4. The zero-order chi connectivity index (χ0) is 23.4. The minimum atomic E-state index is -0.320. The number of likely N-dealkylation sites (tertiary alicyclic amines) is 1. The van der Waals surface area contributed by atoms with E-state index in [1.54, 1.807) is 29.4 Å². The molecule has 8 heteroatoms. The lowest BCUT2D eigenvalue weighted by atomic mass is 9.96. The first-order valence-electron chi connectivity index (χ1n) is 10.9. The molecule has 0 bridgehead atoms. The zero-order valence-electron chi connectivity index (χ0n) is 18.3. The number of carbonyl (C=O) groups excluding carboxylic acids is 2. The summed E-state index contributed by atoms with van der Waals surface area (Å²) < 4.78 is 1.48. The third-order valence-corrected chi connectivity index (χ3v) is 6.14. The van der Waals surface area contributed by atoms with Crippen LogP contribution in [0.1, 0.15) is 34.3 Å². The number of aromatic nitrogens is 2. The van der Waals surface area contributed by atoms with Gasteiger partial charge < -0.3 is 14.8 Å². The largest absolute Gasteiger partial charge is 0.338 e. The lowest BCUT2D eigenvalue weighted by molar-refractivity contribution is -0.121. The van der Waals surface area contributed by atoms with Gasteiger partial charge in [0.05, 0.1) is 18.0 Å². The maximum Gasteiger partial charge on any atom is 0.255 e. The predicted octanol–water partition coefficient (Wildman–Crippen LogP) is 3.74. The smallest absolute Gasteiger partial charge is 0.255 e. The van der Waals surface area contributed by atoms with Crippen molar-refractivity contribution in [3.63, 3.8) is 0 Å². The molecule has 7 nitrogen and oxygen atoms in total.